The minimum absolute atomic E-state index is 0.230. The van der Waals surface area contributed by atoms with Crippen LogP contribution >= 0.6 is 22.6 Å². The van der Waals surface area contributed by atoms with E-state index in [0.717, 1.165) is 14.6 Å². The van der Waals surface area contributed by atoms with Crippen molar-refractivity contribution in [1.29, 1.82) is 0 Å². The van der Waals surface area contributed by atoms with Gasteiger partial charge < -0.3 is 9.73 Å². The molecule has 132 valence electrons. The SMILES string of the molecule is O=C(Nc1ccccc1I)c1cccc(-c2cc3ccccc3oc2=O)c1. The summed E-state index contributed by atoms with van der Waals surface area (Å²) in [6.07, 6.45) is 0. The summed E-state index contributed by atoms with van der Waals surface area (Å²) in [7, 11) is 0. The number of halogens is 1. The van der Waals surface area contributed by atoms with Gasteiger partial charge in [-0.2, -0.15) is 0 Å². The van der Waals surface area contributed by atoms with Crippen LogP contribution in [0.3, 0.4) is 0 Å². The lowest BCUT2D eigenvalue weighted by Crippen LogP contribution is -2.13. The maximum absolute atomic E-state index is 12.6. The first-order valence-electron chi connectivity index (χ1n) is 8.31. The number of carbonyl (C=O) groups excluding carboxylic acids is 1. The third-order valence-corrected chi connectivity index (χ3v) is 5.14. The zero-order chi connectivity index (χ0) is 18.8. The molecule has 0 aliphatic carbocycles. The van der Waals surface area contributed by atoms with Crippen molar-refractivity contribution in [3.63, 3.8) is 0 Å². The van der Waals surface area contributed by atoms with Gasteiger partial charge in [0.05, 0.1) is 11.3 Å². The molecule has 0 radical (unpaired) electrons. The lowest BCUT2D eigenvalue weighted by Gasteiger charge is -2.08. The molecule has 0 unspecified atom stereocenters. The molecular weight excluding hydrogens is 453 g/mol. The van der Waals surface area contributed by atoms with E-state index in [-0.39, 0.29) is 5.91 Å². The van der Waals surface area contributed by atoms with Crippen LogP contribution in [0.25, 0.3) is 22.1 Å². The molecule has 0 fully saturated rings. The Hall–Kier alpha value is -2.93. The number of fused-ring (bicyclic) bond motifs is 1. The van der Waals surface area contributed by atoms with Crippen molar-refractivity contribution in [2.24, 2.45) is 0 Å². The highest BCUT2D eigenvalue weighted by atomic mass is 127. The van der Waals surface area contributed by atoms with Crippen LogP contribution in [0.1, 0.15) is 10.4 Å². The van der Waals surface area contributed by atoms with Crippen LogP contribution in [-0.2, 0) is 0 Å². The number of carbonyl (C=O) groups is 1. The molecule has 0 spiro atoms. The zero-order valence-corrected chi connectivity index (χ0v) is 16.3. The van der Waals surface area contributed by atoms with E-state index in [2.05, 4.69) is 27.9 Å². The number of anilines is 1. The van der Waals surface area contributed by atoms with E-state index < -0.39 is 5.63 Å². The van der Waals surface area contributed by atoms with Crippen LogP contribution in [0.5, 0.6) is 0 Å². The van der Waals surface area contributed by atoms with Crippen LogP contribution < -0.4 is 10.9 Å². The number of amides is 1. The molecule has 1 N–H and O–H groups in total. The molecule has 4 rings (SSSR count). The number of hydrogen-bond acceptors (Lipinski definition) is 3. The summed E-state index contributed by atoms with van der Waals surface area (Å²) >= 11 is 2.17. The van der Waals surface area contributed by atoms with Crippen molar-refractivity contribution < 1.29 is 9.21 Å². The van der Waals surface area contributed by atoms with E-state index in [1.807, 2.05) is 42.5 Å². The summed E-state index contributed by atoms with van der Waals surface area (Å²) in [5, 5.41) is 3.74. The standard InChI is InChI=1S/C22H14INO3/c23-18-9-2-3-10-19(18)24-21(25)16-8-5-7-14(12-16)17-13-15-6-1-4-11-20(15)27-22(17)26/h1-13H,(H,24,25). The van der Waals surface area contributed by atoms with Crippen molar-refractivity contribution in [1.82, 2.24) is 0 Å². The largest absolute Gasteiger partial charge is 0.422 e. The highest BCUT2D eigenvalue weighted by Crippen LogP contribution is 2.23. The van der Waals surface area contributed by atoms with E-state index in [1.165, 1.54) is 0 Å². The molecule has 0 aliphatic heterocycles. The summed E-state index contributed by atoms with van der Waals surface area (Å²) < 4.78 is 6.36. The van der Waals surface area contributed by atoms with Gasteiger partial charge in [0.15, 0.2) is 0 Å². The quantitative estimate of drug-likeness (QED) is 0.328. The van der Waals surface area contributed by atoms with Gasteiger partial charge in [0, 0.05) is 14.5 Å². The van der Waals surface area contributed by atoms with Crippen LogP contribution in [0, 0.1) is 3.57 Å². The Morgan fingerprint density at radius 2 is 1.67 bits per heavy atom. The first-order valence-corrected chi connectivity index (χ1v) is 9.39. The predicted molar refractivity (Wildman–Crippen MR) is 115 cm³/mol. The van der Waals surface area contributed by atoms with Gasteiger partial charge >= 0.3 is 5.63 Å². The second kappa shape index (κ2) is 7.36. The molecule has 0 atom stereocenters. The Balaban J connectivity index is 1.71. The molecule has 0 aliphatic rings. The molecule has 27 heavy (non-hydrogen) atoms. The lowest BCUT2D eigenvalue weighted by atomic mass is 10.0. The van der Waals surface area contributed by atoms with Gasteiger partial charge in [0.1, 0.15) is 5.58 Å². The molecule has 3 aromatic carbocycles. The third-order valence-electron chi connectivity index (χ3n) is 4.20. The van der Waals surface area contributed by atoms with E-state index in [4.69, 9.17) is 4.42 Å². The van der Waals surface area contributed by atoms with Gasteiger partial charge in [-0.05, 0) is 64.6 Å². The normalized spacial score (nSPS) is 10.7. The Kier molecular flexibility index (Phi) is 4.77. The fourth-order valence-corrected chi connectivity index (χ4v) is 3.37. The minimum Gasteiger partial charge on any atom is -0.422 e. The van der Waals surface area contributed by atoms with E-state index in [0.29, 0.717) is 22.3 Å². The third kappa shape index (κ3) is 3.64. The minimum atomic E-state index is -0.427. The summed E-state index contributed by atoms with van der Waals surface area (Å²) in [4.78, 5) is 25.0. The van der Waals surface area contributed by atoms with E-state index in [9.17, 15) is 9.59 Å². The summed E-state index contributed by atoms with van der Waals surface area (Å²) in [6, 6.07) is 23.7. The molecule has 4 nitrogen and oxygen atoms in total. The first kappa shape index (κ1) is 17.5. The van der Waals surface area contributed by atoms with Crippen LogP contribution in [0.15, 0.2) is 88.1 Å². The fourth-order valence-electron chi connectivity index (χ4n) is 2.85. The average Bonchev–Trinajstić information content (AvgIpc) is 2.69. The van der Waals surface area contributed by atoms with Crippen LogP contribution in [0.4, 0.5) is 5.69 Å². The van der Waals surface area contributed by atoms with Gasteiger partial charge in [-0.3, -0.25) is 4.79 Å². The number of nitrogens with one attached hydrogen (secondary N) is 1. The second-order valence-electron chi connectivity index (χ2n) is 6.00. The highest BCUT2D eigenvalue weighted by molar-refractivity contribution is 14.1. The Morgan fingerprint density at radius 1 is 0.889 bits per heavy atom. The Labute approximate surface area is 169 Å². The molecular formula is C22H14INO3. The Bertz CT molecular complexity index is 1210. The summed E-state index contributed by atoms with van der Waals surface area (Å²) in [5.74, 6) is -0.230. The van der Waals surface area contributed by atoms with Gasteiger partial charge in [0.2, 0.25) is 0 Å². The van der Waals surface area contributed by atoms with E-state index in [1.54, 1.807) is 36.4 Å². The van der Waals surface area contributed by atoms with Crippen molar-refractivity contribution >= 4 is 45.2 Å². The zero-order valence-electron chi connectivity index (χ0n) is 14.1. The fraction of sp³-hybridized carbons (Fsp3) is 0. The summed E-state index contributed by atoms with van der Waals surface area (Å²) in [6.45, 7) is 0. The molecule has 1 heterocycles. The number of para-hydroxylation sites is 2. The van der Waals surface area contributed by atoms with Crippen LogP contribution in [0.2, 0.25) is 0 Å². The highest BCUT2D eigenvalue weighted by Gasteiger charge is 2.12. The molecule has 1 aromatic heterocycles. The Morgan fingerprint density at radius 3 is 2.52 bits per heavy atom. The van der Waals surface area contributed by atoms with Gasteiger partial charge in [-0.1, -0.05) is 42.5 Å². The maximum atomic E-state index is 12.6. The van der Waals surface area contributed by atoms with Crippen molar-refractivity contribution in [2.75, 3.05) is 5.32 Å². The maximum Gasteiger partial charge on any atom is 0.344 e. The van der Waals surface area contributed by atoms with Crippen LogP contribution in [-0.4, -0.2) is 5.91 Å². The van der Waals surface area contributed by atoms with Crippen molar-refractivity contribution in [2.45, 2.75) is 0 Å². The number of rotatable bonds is 3. The van der Waals surface area contributed by atoms with E-state index >= 15 is 0 Å². The van der Waals surface area contributed by atoms with Gasteiger partial charge in [0.25, 0.3) is 5.91 Å². The number of hydrogen-bond donors (Lipinski definition) is 1. The molecule has 5 heteroatoms. The van der Waals surface area contributed by atoms with Crippen molar-refractivity contribution in [3.05, 3.63) is 98.4 Å². The smallest absolute Gasteiger partial charge is 0.344 e. The molecule has 1 amide bonds. The predicted octanol–water partition coefficient (Wildman–Crippen LogP) is 5.32. The lowest BCUT2D eigenvalue weighted by molar-refractivity contribution is 0.102. The topological polar surface area (TPSA) is 59.3 Å². The number of benzene rings is 3. The van der Waals surface area contributed by atoms with Gasteiger partial charge in [-0.25, -0.2) is 4.79 Å². The van der Waals surface area contributed by atoms with Gasteiger partial charge in [-0.15, -0.1) is 0 Å². The van der Waals surface area contributed by atoms with Crippen molar-refractivity contribution in [3.8, 4) is 11.1 Å². The molecule has 4 aromatic rings. The monoisotopic (exact) mass is 467 g/mol. The summed E-state index contributed by atoms with van der Waals surface area (Å²) in [5.41, 5.74) is 2.41. The molecule has 0 saturated heterocycles. The first-order chi connectivity index (χ1) is 13.1. The molecule has 0 bridgehead atoms. The second-order valence-corrected chi connectivity index (χ2v) is 7.16. The molecule has 0 saturated carbocycles. The average molecular weight is 467 g/mol.